The molecular weight excluding hydrogens is 348 g/mol. The van der Waals surface area contributed by atoms with Crippen molar-refractivity contribution in [1.29, 1.82) is 0 Å². The van der Waals surface area contributed by atoms with Crippen LogP contribution in [0.3, 0.4) is 0 Å². The van der Waals surface area contributed by atoms with Crippen molar-refractivity contribution in [3.05, 3.63) is 60.7 Å². The van der Waals surface area contributed by atoms with Crippen LogP contribution in [0.25, 0.3) is 21.9 Å². The van der Waals surface area contributed by atoms with Crippen LogP contribution in [0.2, 0.25) is 0 Å². The van der Waals surface area contributed by atoms with Crippen LogP contribution in [0.4, 0.5) is 5.69 Å². The Labute approximate surface area is 165 Å². The highest BCUT2D eigenvalue weighted by atomic mass is 16.5. The molecule has 1 atom stereocenters. The van der Waals surface area contributed by atoms with Crippen LogP contribution in [-0.4, -0.2) is 30.0 Å². The van der Waals surface area contributed by atoms with E-state index in [2.05, 4.69) is 24.3 Å². The lowest BCUT2D eigenvalue weighted by Crippen LogP contribution is -2.43. The molecule has 144 valence electrons. The summed E-state index contributed by atoms with van der Waals surface area (Å²) in [6, 6.07) is 20.2. The molecule has 1 saturated heterocycles. The molecule has 3 aromatic rings. The molecule has 1 heterocycles. The molecule has 4 nitrogen and oxygen atoms in total. The number of nitrogens with zero attached hydrogens (tertiary/aromatic N) is 1. The minimum absolute atomic E-state index is 0.0771. The molecule has 1 aliphatic heterocycles. The number of amides is 1. The predicted molar refractivity (Wildman–Crippen MR) is 114 cm³/mol. The first-order chi connectivity index (χ1) is 13.6. The number of carbonyl (C=O) groups excluding carboxylic acids is 1. The van der Waals surface area contributed by atoms with Crippen molar-refractivity contribution in [2.45, 2.75) is 32.3 Å². The van der Waals surface area contributed by atoms with E-state index >= 15 is 0 Å². The van der Waals surface area contributed by atoms with Gasteiger partial charge in [0.1, 0.15) is 5.75 Å². The van der Waals surface area contributed by atoms with Gasteiger partial charge in [0.05, 0.1) is 0 Å². The number of fused-ring (bicyclic) bond motifs is 1. The Morgan fingerprint density at radius 3 is 2.46 bits per heavy atom. The Hall–Kier alpha value is -3.01. The number of hydrogen-bond acceptors (Lipinski definition) is 3. The number of ether oxygens (including phenoxy) is 1. The zero-order valence-corrected chi connectivity index (χ0v) is 16.2. The van der Waals surface area contributed by atoms with Crippen LogP contribution in [0.5, 0.6) is 5.75 Å². The van der Waals surface area contributed by atoms with Gasteiger partial charge >= 0.3 is 0 Å². The number of anilines is 1. The molecule has 0 saturated carbocycles. The highest BCUT2D eigenvalue weighted by Crippen LogP contribution is 2.28. The Morgan fingerprint density at radius 2 is 1.68 bits per heavy atom. The highest BCUT2D eigenvalue weighted by Gasteiger charge is 2.23. The minimum Gasteiger partial charge on any atom is -0.481 e. The SMILES string of the molecule is CC(Oc1ccc2ccc(-c3cccc(N)c3)cc2c1)C(=O)N1CCCCC1. The second-order valence-corrected chi connectivity index (χ2v) is 7.50. The fourth-order valence-corrected chi connectivity index (χ4v) is 3.82. The molecule has 0 radical (unpaired) electrons. The van der Waals surface area contributed by atoms with Crippen molar-refractivity contribution in [2.24, 2.45) is 0 Å². The number of rotatable bonds is 4. The maximum atomic E-state index is 12.6. The van der Waals surface area contributed by atoms with Gasteiger partial charge in [-0.05, 0) is 78.4 Å². The van der Waals surface area contributed by atoms with E-state index in [-0.39, 0.29) is 5.91 Å². The fourth-order valence-electron chi connectivity index (χ4n) is 3.82. The molecule has 4 heteroatoms. The van der Waals surface area contributed by atoms with E-state index in [1.165, 1.54) is 6.42 Å². The van der Waals surface area contributed by atoms with E-state index in [0.717, 1.165) is 59.3 Å². The van der Waals surface area contributed by atoms with Gasteiger partial charge in [0.25, 0.3) is 5.91 Å². The number of nitrogens with two attached hydrogens (primary N) is 1. The van der Waals surface area contributed by atoms with E-state index in [1.807, 2.05) is 48.2 Å². The molecule has 1 aliphatic rings. The minimum atomic E-state index is -0.479. The Balaban J connectivity index is 1.55. The van der Waals surface area contributed by atoms with Crippen LogP contribution in [0.15, 0.2) is 60.7 Å². The zero-order valence-electron chi connectivity index (χ0n) is 16.2. The van der Waals surface area contributed by atoms with Gasteiger partial charge in [-0.1, -0.05) is 30.3 Å². The topological polar surface area (TPSA) is 55.6 Å². The maximum absolute atomic E-state index is 12.6. The molecule has 0 aromatic heterocycles. The van der Waals surface area contributed by atoms with Crippen LogP contribution in [0, 0.1) is 0 Å². The molecule has 28 heavy (non-hydrogen) atoms. The largest absolute Gasteiger partial charge is 0.481 e. The van der Waals surface area contributed by atoms with E-state index in [9.17, 15) is 4.79 Å². The van der Waals surface area contributed by atoms with Gasteiger partial charge in [0.15, 0.2) is 6.10 Å². The Bertz CT molecular complexity index is 993. The van der Waals surface area contributed by atoms with Crippen LogP contribution >= 0.6 is 0 Å². The van der Waals surface area contributed by atoms with Gasteiger partial charge in [-0.2, -0.15) is 0 Å². The lowest BCUT2D eigenvalue weighted by molar-refractivity contribution is -0.138. The van der Waals surface area contributed by atoms with Crippen LogP contribution in [-0.2, 0) is 4.79 Å². The standard InChI is InChI=1S/C24H26N2O2/c1-17(24(27)26-12-3-2-4-13-26)28-23-11-10-18-8-9-20(14-21(18)16-23)19-6-5-7-22(25)15-19/h5-11,14-17H,2-4,12-13,25H2,1H3. The van der Waals surface area contributed by atoms with E-state index in [1.54, 1.807) is 0 Å². The van der Waals surface area contributed by atoms with Crippen molar-refractivity contribution in [1.82, 2.24) is 4.90 Å². The Morgan fingerprint density at radius 1 is 0.929 bits per heavy atom. The Kier molecular flexibility index (Phi) is 5.20. The molecule has 3 aromatic carbocycles. The monoisotopic (exact) mass is 374 g/mol. The molecule has 2 N–H and O–H groups in total. The van der Waals surface area contributed by atoms with Gasteiger partial charge < -0.3 is 15.4 Å². The smallest absolute Gasteiger partial charge is 0.263 e. The summed E-state index contributed by atoms with van der Waals surface area (Å²) in [6.07, 6.45) is 2.90. The number of hydrogen-bond donors (Lipinski definition) is 1. The van der Waals surface area contributed by atoms with Gasteiger partial charge in [-0.25, -0.2) is 0 Å². The first-order valence-corrected chi connectivity index (χ1v) is 9.95. The molecule has 1 amide bonds. The lowest BCUT2D eigenvalue weighted by Gasteiger charge is -2.29. The first kappa shape index (κ1) is 18.4. The number of carbonyl (C=O) groups is 1. The van der Waals surface area contributed by atoms with Gasteiger partial charge in [-0.15, -0.1) is 0 Å². The normalized spacial score (nSPS) is 15.4. The summed E-state index contributed by atoms with van der Waals surface area (Å²) in [5.74, 6) is 0.795. The zero-order chi connectivity index (χ0) is 19.5. The highest BCUT2D eigenvalue weighted by molar-refractivity contribution is 5.89. The first-order valence-electron chi connectivity index (χ1n) is 9.95. The molecule has 1 unspecified atom stereocenters. The summed E-state index contributed by atoms with van der Waals surface area (Å²) in [6.45, 7) is 3.52. The molecule has 4 rings (SSSR count). The summed E-state index contributed by atoms with van der Waals surface area (Å²) in [5.41, 5.74) is 8.86. The number of piperidine rings is 1. The van der Waals surface area contributed by atoms with Crippen molar-refractivity contribution < 1.29 is 9.53 Å². The third kappa shape index (κ3) is 3.96. The summed E-state index contributed by atoms with van der Waals surface area (Å²) >= 11 is 0. The third-order valence-corrected chi connectivity index (χ3v) is 5.36. The molecule has 0 bridgehead atoms. The molecule has 1 fully saturated rings. The number of nitrogen functional groups attached to an aromatic ring is 1. The van der Waals surface area contributed by atoms with Crippen LogP contribution < -0.4 is 10.5 Å². The lowest BCUT2D eigenvalue weighted by atomic mass is 10.0. The van der Waals surface area contributed by atoms with Crippen molar-refractivity contribution >= 4 is 22.4 Å². The number of likely N-dealkylation sites (tertiary alicyclic amines) is 1. The fraction of sp³-hybridized carbons (Fsp3) is 0.292. The van der Waals surface area contributed by atoms with Crippen molar-refractivity contribution in [3.63, 3.8) is 0 Å². The average Bonchev–Trinajstić information content (AvgIpc) is 2.73. The van der Waals surface area contributed by atoms with Gasteiger partial charge in [0, 0.05) is 18.8 Å². The third-order valence-electron chi connectivity index (χ3n) is 5.36. The average molecular weight is 374 g/mol. The summed E-state index contributed by atoms with van der Waals surface area (Å²) in [7, 11) is 0. The second-order valence-electron chi connectivity index (χ2n) is 7.50. The predicted octanol–water partition coefficient (Wildman–Crippen LogP) is 4.87. The van der Waals surface area contributed by atoms with Gasteiger partial charge in [-0.3, -0.25) is 4.79 Å². The van der Waals surface area contributed by atoms with Crippen molar-refractivity contribution in [2.75, 3.05) is 18.8 Å². The second kappa shape index (κ2) is 7.93. The van der Waals surface area contributed by atoms with E-state index < -0.39 is 6.10 Å². The van der Waals surface area contributed by atoms with Gasteiger partial charge in [0.2, 0.25) is 0 Å². The summed E-state index contributed by atoms with van der Waals surface area (Å²) in [5, 5.41) is 2.21. The van der Waals surface area contributed by atoms with Crippen LogP contribution in [0.1, 0.15) is 26.2 Å². The summed E-state index contributed by atoms with van der Waals surface area (Å²) in [4.78, 5) is 14.5. The molecular formula is C24H26N2O2. The van der Waals surface area contributed by atoms with Crippen molar-refractivity contribution in [3.8, 4) is 16.9 Å². The van der Waals surface area contributed by atoms with E-state index in [0.29, 0.717) is 0 Å². The summed E-state index contributed by atoms with van der Waals surface area (Å²) < 4.78 is 5.99. The maximum Gasteiger partial charge on any atom is 0.263 e. The number of benzene rings is 3. The molecule has 0 spiro atoms. The molecule has 0 aliphatic carbocycles. The van der Waals surface area contributed by atoms with E-state index in [4.69, 9.17) is 10.5 Å². The quantitative estimate of drug-likeness (QED) is 0.663.